The van der Waals surface area contributed by atoms with E-state index in [0.29, 0.717) is 25.4 Å². The van der Waals surface area contributed by atoms with E-state index in [1.54, 1.807) is 4.90 Å². The summed E-state index contributed by atoms with van der Waals surface area (Å²) in [7, 11) is 0. The van der Waals surface area contributed by atoms with Gasteiger partial charge in [-0.15, -0.1) is 0 Å². The van der Waals surface area contributed by atoms with Crippen molar-refractivity contribution in [2.45, 2.75) is 77.7 Å². The summed E-state index contributed by atoms with van der Waals surface area (Å²) in [5.74, 6) is 1.90. The summed E-state index contributed by atoms with van der Waals surface area (Å²) < 4.78 is 11.9. The van der Waals surface area contributed by atoms with Crippen molar-refractivity contribution in [1.82, 2.24) is 9.88 Å². The van der Waals surface area contributed by atoms with E-state index in [2.05, 4.69) is 4.98 Å². The average molecular weight is 455 g/mol. The van der Waals surface area contributed by atoms with Gasteiger partial charge in [-0.25, -0.2) is 4.79 Å². The van der Waals surface area contributed by atoms with Gasteiger partial charge < -0.3 is 19.4 Å². The Morgan fingerprint density at radius 3 is 2.64 bits per heavy atom. The van der Waals surface area contributed by atoms with Crippen LogP contribution in [-0.4, -0.2) is 41.3 Å². The van der Waals surface area contributed by atoms with Gasteiger partial charge >= 0.3 is 6.09 Å². The molecule has 0 spiro atoms. The number of ether oxygens (including phenoxy) is 2. The summed E-state index contributed by atoms with van der Waals surface area (Å²) in [6.45, 7) is 7.42. The quantitative estimate of drug-likeness (QED) is 0.495. The van der Waals surface area contributed by atoms with Crippen LogP contribution in [-0.2, 0) is 11.2 Å². The molecule has 4 rings (SSSR count). The zero-order chi connectivity index (χ0) is 23.4. The number of amides is 1. The highest BCUT2D eigenvalue weighted by molar-refractivity contribution is 5.86. The Balaban J connectivity index is 1.41. The molecule has 2 fully saturated rings. The van der Waals surface area contributed by atoms with E-state index in [1.165, 1.54) is 25.7 Å². The molecule has 2 heterocycles. The number of H-pyrrole nitrogens is 1. The number of carbonyl (C=O) groups is 1. The van der Waals surface area contributed by atoms with Crippen LogP contribution in [0.5, 0.6) is 5.75 Å². The van der Waals surface area contributed by atoms with Crippen LogP contribution >= 0.6 is 0 Å². The number of aromatic amines is 1. The predicted octanol–water partition coefficient (Wildman–Crippen LogP) is 5.68. The van der Waals surface area contributed by atoms with Gasteiger partial charge in [-0.1, -0.05) is 44.2 Å². The molecule has 1 aliphatic carbocycles. The molecule has 1 aromatic heterocycles. The summed E-state index contributed by atoms with van der Waals surface area (Å²) in [5, 5.41) is 0.951. The van der Waals surface area contributed by atoms with E-state index in [9.17, 15) is 9.59 Å². The number of carbonyl (C=O) groups excluding carboxylic acids is 1. The molecule has 1 saturated heterocycles. The van der Waals surface area contributed by atoms with Gasteiger partial charge in [0, 0.05) is 24.4 Å². The van der Waals surface area contributed by atoms with Crippen molar-refractivity contribution in [3.63, 3.8) is 0 Å². The Kier molecular flexibility index (Phi) is 7.30. The fourth-order valence-electron chi connectivity index (χ4n) is 4.63. The maximum atomic E-state index is 12.9. The third-order valence-corrected chi connectivity index (χ3v) is 6.61. The molecule has 1 aromatic carbocycles. The van der Waals surface area contributed by atoms with Crippen LogP contribution < -0.4 is 10.3 Å². The van der Waals surface area contributed by atoms with E-state index >= 15 is 0 Å². The number of aromatic nitrogens is 1. The molecule has 180 valence electrons. The summed E-state index contributed by atoms with van der Waals surface area (Å²) in [6.07, 6.45) is 8.85. The predicted molar refractivity (Wildman–Crippen MR) is 131 cm³/mol. The number of pyridine rings is 1. The van der Waals surface area contributed by atoms with Crippen LogP contribution in [0, 0.1) is 11.8 Å². The highest BCUT2D eigenvalue weighted by atomic mass is 16.6. The summed E-state index contributed by atoms with van der Waals surface area (Å²) >= 11 is 0. The number of hydrogen-bond donors (Lipinski definition) is 1. The van der Waals surface area contributed by atoms with E-state index in [0.717, 1.165) is 48.1 Å². The maximum Gasteiger partial charge on any atom is 0.410 e. The number of para-hydroxylation sites is 1. The van der Waals surface area contributed by atoms with Gasteiger partial charge in [0.1, 0.15) is 11.4 Å². The van der Waals surface area contributed by atoms with Gasteiger partial charge in [-0.3, -0.25) is 4.79 Å². The molecule has 1 aliphatic heterocycles. The van der Waals surface area contributed by atoms with Crippen LogP contribution in [0.1, 0.15) is 71.3 Å². The first-order chi connectivity index (χ1) is 15.8. The second kappa shape index (κ2) is 10.2. The first-order valence-electron chi connectivity index (χ1n) is 12.5. The van der Waals surface area contributed by atoms with E-state index in [-0.39, 0.29) is 17.6 Å². The van der Waals surface area contributed by atoms with E-state index in [4.69, 9.17) is 9.47 Å². The van der Waals surface area contributed by atoms with Crippen molar-refractivity contribution < 1.29 is 14.3 Å². The van der Waals surface area contributed by atoms with Gasteiger partial charge in [-0.05, 0) is 58.1 Å². The Morgan fingerprint density at radius 1 is 1.09 bits per heavy atom. The molecule has 6 nitrogen and oxygen atoms in total. The summed E-state index contributed by atoms with van der Waals surface area (Å²) in [5.41, 5.74) is 1.01. The molecule has 33 heavy (non-hydrogen) atoms. The SMILES string of the molecule is CC(C)(C)OC(=O)N1CC[C@@H](COc2c(CCCCCC3CC3)c(=O)[nH]c3ccccc23)C1. The lowest BCUT2D eigenvalue weighted by Crippen LogP contribution is -2.35. The monoisotopic (exact) mass is 454 g/mol. The minimum Gasteiger partial charge on any atom is -0.492 e. The largest absolute Gasteiger partial charge is 0.492 e. The number of likely N-dealkylation sites (tertiary alicyclic amines) is 1. The van der Waals surface area contributed by atoms with Crippen molar-refractivity contribution in [3.05, 3.63) is 40.2 Å². The number of nitrogens with zero attached hydrogens (tertiary/aromatic N) is 1. The molecular formula is C27H38N2O4. The highest BCUT2D eigenvalue weighted by Crippen LogP contribution is 2.34. The molecule has 1 amide bonds. The van der Waals surface area contributed by atoms with Crippen LogP contribution in [0.25, 0.3) is 10.9 Å². The maximum absolute atomic E-state index is 12.9. The fourth-order valence-corrected chi connectivity index (χ4v) is 4.63. The second-order valence-corrected chi connectivity index (χ2v) is 10.7. The molecule has 1 atom stereocenters. The molecule has 0 unspecified atom stereocenters. The molecule has 2 aromatic rings. The average Bonchev–Trinajstić information content (AvgIpc) is 3.45. The van der Waals surface area contributed by atoms with Crippen molar-refractivity contribution >= 4 is 17.0 Å². The van der Waals surface area contributed by atoms with E-state index in [1.807, 2.05) is 45.0 Å². The van der Waals surface area contributed by atoms with Crippen molar-refractivity contribution in [2.24, 2.45) is 11.8 Å². The fraction of sp³-hybridized carbons (Fsp3) is 0.630. The highest BCUT2D eigenvalue weighted by Gasteiger charge is 2.30. The summed E-state index contributed by atoms with van der Waals surface area (Å²) in [4.78, 5) is 30.1. The Morgan fingerprint density at radius 2 is 1.88 bits per heavy atom. The lowest BCUT2D eigenvalue weighted by Gasteiger charge is -2.24. The lowest BCUT2D eigenvalue weighted by atomic mass is 10.0. The number of hydrogen-bond acceptors (Lipinski definition) is 4. The Hall–Kier alpha value is -2.50. The van der Waals surface area contributed by atoms with Gasteiger partial charge in [0.05, 0.1) is 17.7 Å². The Labute approximate surface area is 196 Å². The first-order valence-corrected chi connectivity index (χ1v) is 12.5. The molecule has 1 N–H and O–H groups in total. The van der Waals surface area contributed by atoms with Gasteiger partial charge in [-0.2, -0.15) is 0 Å². The smallest absolute Gasteiger partial charge is 0.410 e. The van der Waals surface area contributed by atoms with Crippen molar-refractivity contribution in [1.29, 1.82) is 0 Å². The third kappa shape index (κ3) is 6.52. The van der Waals surface area contributed by atoms with Gasteiger partial charge in [0.15, 0.2) is 0 Å². The minimum atomic E-state index is -0.497. The van der Waals surface area contributed by atoms with Crippen LogP contribution in [0.4, 0.5) is 4.79 Å². The third-order valence-electron chi connectivity index (χ3n) is 6.61. The molecule has 0 bridgehead atoms. The number of nitrogens with one attached hydrogen (secondary N) is 1. The van der Waals surface area contributed by atoms with Crippen LogP contribution in [0.3, 0.4) is 0 Å². The number of fused-ring (bicyclic) bond motifs is 1. The van der Waals surface area contributed by atoms with Crippen LogP contribution in [0.15, 0.2) is 29.1 Å². The van der Waals surface area contributed by atoms with Crippen molar-refractivity contribution in [2.75, 3.05) is 19.7 Å². The molecular weight excluding hydrogens is 416 g/mol. The van der Waals surface area contributed by atoms with Crippen LogP contribution in [0.2, 0.25) is 0 Å². The van der Waals surface area contributed by atoms with Gasteiger partial charge in [0.2, 0.25) is 0 Å². The zero-order valence-electron chi connectivity index (χ0n) is 20.3. The van der Waals surface area contributed by atoms with E-state index < -0.39 is 5.60 Å². The topological polar surface area (TPSA) is 71.6 Å². The lowest BCUT2D eigenvalue weighted by molar-refractivity contribution is 0.0285. The normalized spacial score (nSPS) is 18.6. The number of benzene rings is 1. The molecule has 1 saturated carbocycles. The van der Waals surface area contributed by atoms with Gasteiger partial charge in [0.25, 0.3) is 5.56 Å². The molecule has 2 aliphatic rings. The summed E-state index contributed by atoms with van der Waals surface area (Å²) in [6, 6.07) is 7.84. The number of unbranched alkanes of at least 4 members (excludes halogenated alkanes) is 2. The van der Waals surface area contributed by atoms with Crippen molar-refractivity contribution in [3.8, 4) is 5.75 Å². The zero-order valence-corrected chi connectivity index (χ0v) is 20.3. The molecule has 6 heteroatoms. The molecule has 0 radical (unpaired) electrons. The second-order valence-electron chi connectivity index (χ2n) is 10.7. The first kappa shape index (κ1) is 23.7. The Bertz CT molecular complexity index is 1020. The minimum absolute atomic E-state index is 0.0484. The standard InChI is InChI=1S/C27H38N2O4/c1-27(2,3)33-26(31)29-16-15-20(17-29)18-32-24-21-10-7-8-12-23(21)28-25(30)22(24)11-6-4-5-9-19-13-14-19/h7-8,10,12,19-20H,4-6,9,11,13-18H2,1-3H3,(H,28,30)/t20-/m1/s1. The number of rotatable bonds is 9.